The number of amides is 1. The summed E-state index contributed by atoms with van der Waals surface area (Å²) < 4.78 is 18.0. The number of ketones is 1. The zero-order valence-electron chi connectivity index (χ0n) is 23.8. The SMILES string of the molecule is CCOc1ccc(/C(O)=C2\C(=O)C(=O)N(c3nc4ccc(Cl)cc4s3)C2c2ccc(OCc3ccccc3)c(OC)c2)cc1. The molecular weight excluding hydrogens is 600 g/mol. The Hall–Kier alpha value is -4.86. The lowest BCUT2D eigenvalue weighted by Gasteiger charge is -2.24. The number of hydrogen-bond acceptors (Lipinski definition) is 8. The van der Waals surface area contributed by atoms with Crippen molar-refractivity contribution in [3.63, 3.8) is 0 Å². The lowest BCUT2D eigenvalue weighted by atomic mass is 9.95. The first kappa shape index (κ1) is 29.2. The second-order valence-electron chi connectivity index (χ2n) is 9.92. The molecule has 1 unspecified atom stereocenters. The highest BCUT2D eigenvalue weighted by molar-refractivity contribution is 7.22. The molecule has 1 fully saturated rings. The fourth-order valence-electron chi connectivity index (χ4n) is 5.07. The number of Topliss-reactive ketones (excluding diaryl/α,β-unsaturated/α-hetero) is 1. The van der Waals surface area contributed by atoms with Crippen LogP contribution in [0.3, 0.4) is 0 Å². The maximum absolute atomic E-state index is 13.7. The summed E-state index contributed by atoms with van der Waals surface area (Å²) in [4.78, 5) is 33.3. The summed E-state index contributed by atoms with van der Waals surface area (Å²) in [5, 5.41) is 12.4. The van der Waals surface area contributed by atoms with E-state index >= 15 is 0 Å². The van der Waals surface area contributed by atoms with Crippen molar-refractivity contribution in [2.75, 3.05) is 18.6 Å². The van der Waals surface area contributed by atoms with E-state index in [-0.39, 0.29) is 11.3 Å². The quantitative estimate of drug-likeness (QED) is 0.102. The topological polar surface area (TPSA) is 98.2 Å². The molecule has 4 aromatic carbocycles. The van der Waals surface area contributed by atoms with Crippen LogP contribution in [0.2, 0.25) is 5.02 Å². The molecule has 10 heteroatoms. The molecule has 0 spiro atoms. The molecule has 0 aliphatic carbocycles. The number of aliphatic hydroxyl groups excluding tert-OH is 1. The summed E-state index contributed by atoms with van der Waals surface area (Å²) >= 11 is 7.44. The normalized spacial score (nSPS) is 16.0. The monoisotopic (exact) mass is 626 g/mol. The number of carbonyl (C=O) groups excluding carboxylic acids is 2. The van der Waals surface area contributed by atoms with Crippen LogP contribution in [0.4, 0.5) is 5.13 Å². The number of methoxy groups -OCH3 is 1. The standard InChI is InChI=1S/C34H27ClN2O6S/c1-3-42-24-13-9-21(10-14-24)31(38)29-30(22-11-16-26(27(17-22)41-2)43-19-20-7-5-4-6-8-20)37(33(40)32(29)39)34-36-25-15-12-23(35)18-28(25)44-34/h4-18,30,38H,3,19H2,1-2H3/b31-29+. The molecule has 0 bridgehead atoms. The molecule has 222 valence electrons. The van der Waals surface area contributed by atoms with Gasteiger partial charge in [0.1, 0.15) is 18.1 Å². The number of aromatic nitrogens is 1. The number of aliphatic hydroxyl groups is 1. The van der Waals surface area contributed by atoms with Gasteiger partial charge in [0.25, 0.3) is 5.78 Å². The van der Waals surface area contributed by atoms with E-state index in [0.29, 0.717) is 57.3 Å². The van der Waals surface area contributed by atoms with Crippen molar-refractivity contribution in [2.24, 2.45) is 0 Å². The Morgan fingerprint density at radius 2 is 1.73 bits per heavy atom. The van der Waals surface area contributed by atoms with Gasteiger partial charge in [-0.1, -0.05) is 59.3 Å². The van der Waals surface area contributed by atoms with Crippen LogP contribution in [0.25, 0.3) is 16.0 Å². The van der Waals surface area contributed by atoms with Crippen molar-refractivity contribution in [1.82, 2.24) is 4.98 Å². The van der Waals surface area contributed by atoms with Gasteiger partial charge in [0, 0.05) is 10.6 Å². The maximum atomic E-state index is 13.7. The highest BCUT2D eigenvalue weighted by Gasteiger charge is 2.48. The van der Waals surface area contributed by atoms with Crippen LogP contribution < -0.4 is 19.1 Å². The zero-order chi connectivity index (χ0) is 30.8. The molecule has 1 atom stereocenters. The minimum Gasteiger partial charge on any atom is -0.507 e. The number of hydrogen-bond donors (Lipinski definition) is 1. The Morgan fingerprint density at radius 1 is 0.955 bits per heavy atom. The molecule has 6 rings (SSSR count). The first-order valence-electron chi connectivity index (χ1n) is 13.8. The second-order valence-corrected chi connectivity index (χ2v) is 11.4. The summed E-state index contributed by atoms with van der Waals surface area (Å²) in [7, 11) is 1.52. The van der Waals surface area contributed by atoms with Gasteiger partial charge in [0.05, 0.1) is 35.5 Å². The van der Waals surface area contributed by atoms with Crippen molar-refractivity contribution in [2.45, 2.75) is 19.6 Å². The predicted octanol–water partition coefficient (Wildman–Crippen LogP) is 7.56. The summed E-state index contributed by atoms with van der Waals surface area (Å²) in [6, 6.07) is 25.8. The predicted molar refractivity (Wildman–Crippen MR) is 171 cm³/mol. The Morgan fingerprint density at radius 3 is 2.45 bits per heavy atom. The Kier molecular flexibility index (Phi) is 8.23. The first-order valence-corrected chi connectivity index (χ1v) is 15.0. The summed E-state index contributed by atoms with van der Waals surface area (Å²) in [5.74, 6) is -0.450. The van der Waals surface area contributed by atoms with E-state index in [4.69, 9.17) is 25.8 Å². The number of fused-ring (bicyclic) bond motifs is 1. The summed E-state index contributed by atoms with van der Waals surface area (Å²) in [6.45, 7) is 2.68. The molecule has 5 aromatic rings. The van der Waals surface area contributed by atoms with Gasteiger partial charge in [0.15, 0.2) is 16.6 Å². The van der Waals surface area contributed by atoms with Crippen molar-refractivity contribution >= 4 is 55.7 Å². The van der Waals surface area contributed by atoms with Crippen LogP contribution in [0, 0.1) is 0 Å². The third kappa shape index (κ3) is 5.59. The van der Waals surface area contributed by atoms with Crippen LogP contribution in [0.1, 0.15) is 29.7 Å². The van der Waals surface area contributed by atoms with Gasteiger partial charge in [-0.25, -0.2) is 4.98 Å². The van der Waals surface area contributed by atoms with Crippen LogP contribution in [0.5, 0.6) is 17.2 Å². The van der Waals surface area contributed by atoms with Gasteiger partial charge in [-0.05, 0) is 72.6 Å². The van der Waals surface area contributed by atoms with Crippen molar-refractivity contribution in [3.8, 4) is 17.2 Å². The van der Waals surface area contributed by atoms with E-state index in [9.17, 15) is 14.7 Å². The fourth-order valence-corrected chi connectivity index (χ4v) is 6.34. The highest BCUT2D eigenvalue weighted by Crippen LogP contribution is 2.46. The first-order chi connectivity index (χ1) is 21.4. The van der Waals surface area contributed by atoms with E-state index in [0.717, 1.165) is 10.3 Å². The van der Waals surface area contributed by atoms with Crippen molar-refractivity contribution in [1.29, 1.82) is 0 Å². The number of ether oxygens (including phenoxy) is 3. The molecule has 1 saturated heterocycles. The number of carbonyl (C=O) groups is 2. The number of thiazole rings is 1. The molecule has 1 aromatic heterocycles. The Bertz CT molecular complexity index is 1890. The molecule has 1 aliphatic heterocycles. The van der Waals surface area contributed by atoms with Crippen LogP contribution in [-0.2, 0) is 16.2 Å². The molecule has 0 saturated carbocycles. The third-order valence-corrected chi connectivity index (χ3v) is 8.42. The number of halogens is 1. The number of benzene rings is 4. The Balaban J connectivity index is 1.46. The maximum Gasteiger partial charge on any atom is 0.301 e. The van der Waals surface area contributed by atoms with Crippen LogP contribution >= 0.6 is 22.9 Å². The largest absolute Gasteiger partial charge is 0.507 e. The summed E-state index contributed by atoms with van der Waals surface area (Å²) in [6.07, 6.45) is 0. The van der Waals surface area contributed by atoms with Gasteiger partial charge in [-0.15, -0.1) is 0 Å². The van der Waals surface area contributed by atoms with E-state index in [1.807, 2.05) is 37.3 Å². The minimum absolute atomic E-state index is 0.0727. The second kappa shape index (κ2) is 12.4. The molecule has 1 aliphatic rings. The minimum atomic E-state index is -1.00. The number of anilines is 1. The molecule has 1 N–H and O–H groups in total. The fraction of sp³-hybridized carbons (Fsp3) is 0.147. The molecule has 8 nitrogen and oxygen atoms in total. The molecule has 2 heterocycles. The van der Waals surface area contributed by atoms with Crippen molar-refractivity contribution in [3.05, 3.63) is 118 Å². The highest BCUT2D eigenvalue weighted by atomic mass is 35.5. The third-order valence-electron chi connectivity index (χ3n) is 7.17. The lowest BCUT2D eigenvalue weighted by molar-refractivity contribution is -0.132. The van der Waals surface area contributed by atoms with E-state index < -0.39 is 17.7 Å². The van der Waals surface area contributed by atoms with Crippen LogP contribution in [0.15, 0.2) is 96.6 Å². The average molecular weight is 627 g/mol. The van der Waals surface area contributed by atoms with E-state index in [1.54, 1.807) is 60.7 Å². The molecular formula is C34H27ClN2O6S. The van der Waals surface area contributed by atoms with Gasteiger partial charge in [-0.3, -0.25) is 14.5 Å². The van der Waals surface area contributed by atoms with Gasteiger partial charge < -0.3 is 19.3 Å². The lowest BCUT2D eigenvalue weighted by Crippen LogP contribution is -2.29. The average Bonchev–Trinajstić information content (AvgIpc) is 3.57. The van der Waals surface area contributed by atoms with E-state index in [2.05, 4.69) is 4.98 Å². The van der Waals surface area contributed by atoms with Gasteiger partial charge in [-0.2, -0.15) is 0 Å². The van der Waals surface area contributed by atoms with E-state index in [1.165, 1.54) is 23.3 Å². The van der Waals surface area contributed by atoms with Crippen molar-refractivity contribution < 1.29 is 28.9 Å². The van der Waals surface area contributed by atoms with Gasteiger partial charge >= 0.3 is 5.91 Å². The number of nitrogens with zero attached hydrogens (tertiary/aromatic N) is 2. The molecule has 1 amide bonds. The molecule has 0 radical (unpaired) electrons. The van der Waals surface area contributed by atoms with Gasteiger partial charge in [0.2, 0.25) is 0 Å². The smallest absolute Gasteiger partial charge is 0.301 e. The Labute approximate surface area is 262 Å². The molecule has 44 heavy (non-hydrogen) atoms. The number of rotatable bonds is 9. The van der Waals surface area contributed by atoms with Crippen LogP contribution in [-0.4, -0.2) is 35.5 Å². The zero-order valence-corrected chi connectivity index (χ0v) is 25.4. The summed E-state index contributed by atoms with van der Waals surface area (Å²) in [5.41, 5.74) is 2.43.